The van der Waals surface area contributed by atoms with E-state index in [1.165, 1.54) is 6.21 Å². The van der Waals surface area contributed by atoms with Gasteiger partial charge in [-0.2, -0.15) is 5.10 Å². The average molecular weight is 608 g/mol. The van der Waals surface area contributed by atoms with E-state index in [0.717, 1.165) is 21.5 Å². The van der Waals surface area contributed by atoms with Crippen LogP contribution in [0.25, 0.3) is 5.69 Å². The van der Waals surface area contributed by atoms with E-state index in [1.807, 2.05) is 24.3 Å². The predicted octanol–water partition coefficient (Wildman–Crippen LogP) is 6.12. The van der Waals surface area contributed by atoms with Crippen molar-refractivity contribution in [1.29, 1.82) is 0 Å². The van der Waals surface area contributed by atoms with Gasteiger partial charge in [0.1, 0.15) is 23.9 Å². The number of aryl methyl sites for hydroxylation is 2. The van der Waals surface area contributed by atoms with E-state index in [9.17, 15) is 9.59 Å². The van der Waals surface area contributed by atoms with Gasteiger partial charge in [-0.15, -0.1) is 0 Å². The van der Waals surface area contributed by atoms with Crippen LogP contribution in [0.15, 0.2) is 80.7 Å². The van der Waals surface area contributed by atoms with Crippen LogP contribution in [0.2, 0.25) is 0 Å². The van der Waals surface area contributed by atoms with Gasteiger partial charge in [0.25, 0.3) is 0 Å². The Hall–Kier alpha value is -4.31. The van der Waals surface area contributed by atoms with Crippen LogP contribution in [0.1, 0.15) is 47.1 Å². The number of hydrazone groups is 1. The molecule has 1 amide bonds. The number of rotatable bonds is 11. The Bertz CT molecular complexity index is 1480. The van der Waals surface area contributed by atoms with Crippen LogP contribution in [0.4, 0.5) is 0 Å². The first-order valence-electron chi connectivity index (χ1n) is 12.6. The zero-order valence-electron chi connectivity index (χ0n) is 22.6. The van der Waals surface area contributed by atoms with Crippen molar-refractivity contribution < 1.29 is 28.2 Å². The summed E-state index contributed by atoms with van der Waals surface area (Å²) < 4.78 is 25.0. The van der Waals surface area contributed by atoms with E-state index >= 15 is 0 Å². The molecule has 10 heteroatoms. The van der Waals surface area contributed by atoms with E-state index in [0.29, 0.717) is 22.8 Å². The Morgan fingerprint density at radius 3 is 2.42 bits per heavy atom. The molecule has 2 aromatic carbocycles. The number of ether oxygens (including phenoxy) is 3. The molecule has 0 bridgehead atoms. The molecule has 40 heavy (non-hydrogen) atoms. The summed E-state index contributed by atoms with van der Waals surface area (Å²) in [6.07, 6.45) is 1.18. The van der Waals surface area contributed by atoms with Crippen molar-refractivity contribution >= 4 is 34.0 Å². The molecule has 0 aliphatic carbocycles. The van der Waals surface area contributed by atoms with Gasteiger partial charge >= 0.3 is 11.9 Å². The quantitative estimate of drug-likeness (QED) is 0.125. The smallest absolute Gasteiger partial charge is 0.344 e. The van der Waals surface area contributed by atoms with Crippen molar-refractivity contribution in [3.63, 3.8) is 0 Å². The zero-order valence-corrected chi connectivity index (χ0v) is 24.2. The first-order valence-corrected chi connectivity index (χ1v) is 13.4. The number of benzene rings is 2. The lowest BCUT2D eigenvalue weighted by Crippen LogP contribution is -2.19. The number of nitrogens with zero attached hydrogens (tertiary/aromatic N) is 2. The fourth-order valence-electron chi connectivity index (χ4n) is 3.90. The van der Waals surface area contributed by atoms with Gasteiger partial charge in [0, 0.05) is 27.1 Å². The fourth-order valence-corrected chi connectivity index (χ4v) is 4.28. The SMILES string of the molecule is Cc1ccc(C)n1-c1ccc(OCc2ccc(C(=O)N/N=C/c3cc(Br)ccc3OCC(=O)OC(C)C)o2)cc1. The lowest BCUT2D eigenvalue weighted by molar-refractivity contribution is -0.149. The predicted molar refractivity (Wildman–Crippen MR) is 154 cm³/mol. The number of carbonyl (C=O) groups is 2. The van der Waals surface area contributed by atoms with Crippen LogP contribution in [0, 0.1) is 13.8 Å². The minimum absolute atomic E-state index is 0.0896. The number of aromatic nitrogens is 1. The third-order valence-corrected chi connectivity index (χ3v) is 6.18. The Balaban J connectivity index is 1.31. The Morgan fingerprint density at radius 1 is 1.00 bits per heavy atom. The highest BCUT2D eigenvalue weighted by atomic mass is 79.9. The van der Waals surface area contributed by atoms with Crippen molar-refractivity contribution in [2.75, 3.05) is 6.61 Å². The van der Waals surface area contributed by atoms with Gasteiger partial charge in [-0.05, 0) is 94.4 Å². The van der Waals surface area contributed by atoms with Crippen LogP contribution >= 0.6 is 15.9 Å². The topological polar surface area (TPSA) is 104 Å². The molecule has 0 saturated carbocycles. The summed E-state index contributed by atoms with van der Waals surface area (Å²) in [5.41, 5.74) is 6.35. The van der Waals surface area contributed by atoms with E-state index < -0.39 is 11.9 Å². The highest BCUT2D eigenvalue weighted by molar-refractivity contribution is 9.10. The summed E-state index contributed by atoms with van der Waals surface area (Å²) in [5, 5.41) is 4.00. The molecule has 0 aliphatic heterocycles. The summed E-state index contributed by atoms with van der Waals surface area (Å²) in [6.45, 7) is 7.57. The number of carbonyl (C=O) groups excluding carboxylic acids is 2. The maximum Gasteiger partial charge on any atom is 0.344 e. The molecule has 2 heterocycles. The lowest BCUT2D eigenvalue weighted by atomic mass is 10.2. The van der Waals surface area contributed by atoms with E-state index in [4.69, 9.17) is 18.6 Å². The number of furan rings is 1. The largest absolute Gasteiger partial charge is 0.486 e. The van der Waals surface area contributed by atoms with Gasteiger partial charge in [-0.3, -0.25) is 4.79 Å². The number of halogens is 1. The molecule has 0 unspecified atom stereocenters. The molecule has 2 aromatic heterocycles. The van der Waals surface area contributed by atoms with Crippen LogP contribution in [-0.4, -0.2) is 35.4 Å². The summed E-state index contributed by atoms with van der Waals surface area (Å²) in [5.74, 6) is 0.667. The summed E-state index contributed by atoms with van der Waals surface area (Å²) in [6, 6.07) is 20.4. The Morgan fingerprint density at radius 2 is 1.73 bits per heavy atom. The third-order valence-electron chi connectivity index (χ3n) is 5.69. The fraction of sp³-hybridized carbons (Fsp3) is 0.233. The first kappa shape index (κ1) is 28.7. The van der Waals surface area contributed by atoms with Crippen LogP contribution in [0.5, 0.6) is 11.5 Å². The van der Waals surface area contributed by atoms with Gasteiger partial charge in [0.15, 0.2) is 12.4 Å². The molecular formula is C30H30BrN3O6. The number of esters is 1. The van der Waals surface area contributed by atoms with E-state index in [1.54, 1.807) is 44.2 Å². The minimum Gasteiger partial charge on any atom is -0.486 e. The second-order valence-electron chi connectivity index (χ2n) is 9.21. The molecule has 0 spiro atoms. The number of amides is 1. The molecule has 4 aromatic rings. The minimum atomic E-state index is -0.526. The molecule has 1 N–H and O–H groups in total. The highest BCUT2D eigenvalue weighted by Crippen LogP contribution is 2.23. The lowest BCUT2D eigenvalue weighted by Gasteiger charge is -2.11. The van der Waals surface area contributed by atoms with Gasteiger partial charge in [-0.1, -0.05) is 15.9 Å². The standard InChI is InChI=1S/C30H30BrN3O6/c1-19(2)39-29(35)18-38-27-13-7-23(31)15-22(27)16-32-33-30(36)28-14-12-26(40-28)17-37-25-10-8-24(9-11-25)34-20(3)5-6-21(34)4/h5-16,19H,17-18H2,1-4H3,(H,33,36)/b32-16+. The van der Waals surface area contributed by atoms with E-state index in [-0.39, 0.29) is 25.1 Å². The second-order valence-corrected chi connectivity index (χ2v) is 10.1. The number of nitrogens with one attached hydrogen (secondary N) is 1. The van der Waals surface area contributed by atoms with Crippen LogP contribution in [-0.2, 0) is 16.1 Å². The molecule has 4 rings (SSSR count). The molecule has 0 saturated heterocycles. The van der Waals surface area contributed by atoms with Crippen molar-refractivity contribution in [3.05, 3.63) is 99.7 Å². The molecule has 9 nitrogen and oxygen atoms in total. The molecule has 0 atom stereocenters. The van der Waals surface area contributed by atoms with Crippen molar-refractivity contribution in [2.24, 2.45) is 5.10 Å². The molecule has 208 valence electrons. The Labute approximate surface area is 240 Å². The first-order chi connectivity index (χ1) is 19.2. The monoisotopic (exact) mass is 607 g/mol. The zero-order chi connectivity index (χ0) is 28.6. The molecular weight excluding hydrogens is 578 g/mol. The van der Waals surface area contributed by atoms with Crippen molar-refractivity contribution in [3.8, 4) is 17.2 Å². The van der Waals surface area contributed by atoms with E-state index in [2.05, 4.69) is 57.0 Å². The maximum atomic E-state index is 12.5. The van der Waals surface area contributed by atoms with Gasteiger partial charge in [0.2, 0.25) is 0 Å². The highest BCUT2D eigenvalue weighted by Gasteiger charge is 2.13. The van der Waals surface area contributed by atoms with Crippen LogP contribution in [0.3, 0.4) is 0 Å². The van der Waals surface area contributed by atoms with Gasteiger partial charge in [-0.25, -0.2) is 10.2 Å². The van der Waals surface area contributed by atoms with Gasteiger partial charge < -0.3 is 23.2 Å². The van der Waals surface area contributed by atoms with Crippen molar-refractivity contribution in [1.82, 2.24) is 9.99 Å². The molecule has 0 fully saturated rings. The summed E-state index contributed by atoms with van der Waals surface area (Å²) in [7, 11) is 0. The normalized spacial score (nSPS) is 11.2. The third kappa shape index (κ3) is 7.63. The van der Waals surface area contributed by atoms with Gasteiger partial charge in [0.05, 0.1) is 12.3 Å². The number of hydrogen-bond acceptors (Lipinski definition) is 7. The summed E-state index contributed by atoms with van der Waals surface area (Å²) in [4.78, 5) is 24.3. The summed E-state index contributed by atoms with van der Waals surface area (Å²) >= 11 is 3.39. The number of hydrogen-bond donors (Lipinski definition) is 1. The van der Waals surface area contributed by atoms with Crippen LogP contribution < -0.4 is 14.9 Å². The molecule has 0 aliphatic rings. The molecule has 0 radical (unpaired) electrons. The Kier molecular flexibility index (Phi) is 9.44. The maximum absolute atomic E-state index is 12.5. The average Bonchev–Trinajstić information content (AvgIpc) is 3.53. The van der Waals surface area contributed by atoms with Crippen molar-refractivity contribution in [2.45, 2.75) is 40.4 Å². The second kappa shape index (κ2) is 13.2.